The van der Waals surface area contributed by atoms with Crippen LogP contribution in [0.2, 0.25) is 0 Å². The molecule has 42 heavy (non-hydrogen) atoms. The summed E-state index contributed by atoms with van der Waals surface area (Å²) in [7, 11) is 1.80. The minimum Gasteiger partial charge on any atom is -0.422 e. The molecule has 0 radical (unpaired) electrons. The summed E-state index contributed by atoms with van der Waals surface area (Å²) in [5.74, 6) is -0.0355. The molecule has 1 amide bonds. The minimum atomic E-state index is -0.750. The molecule has 9 heteroatoms. The highest BCUT2D eigenvalue weighted by molar-refractivity contribution is 5.96. The van der Waals surface area contributed by atoms with Crippen LogP contribution in [0.3, 0.4) is 0 Å². The number of hydrogen-bond acceptors (Lipinski definition) is 6. The van der Waals surface area contributed by atoms with Gasteiger partial charge in [-0.1, -0.05) is 71.9 Å². The Morgan fingerprint density at radius 3 is 2.24 bits per heavy atom. The number of nitrogens with zero attached hydrogens (tertiary/aromatic N) is 4. The highest BCUT2D eigenvalue weighted by atomic mass is 16.5. The van der Waals surface area contributed by atoms with Gasteiger partial charge in [0.25, 0.3) is 11.5 Å². The molecule has 0 aliphatic rings. The molecule has 0 N–H and O–H groups in total. The van der Waals surface area contributed by atoms with E-state index >= 15 is 0 Å². The third-order valence-electron chi connectivity index (χ3n) is 7.56. The van der Waals surface area contributed by atoms with Crippen LogP contribution in [0.15, 0.2) is 110 Å². The maximum absolute atomic E-state index is 14.2. The summed E-state index contributed by atoms with van der Waals surface area (Å²) in [6, 6.07) is 27.4. The number of amides is 1. The monoisotopic (exact) mass is 560 g/mol. The Hall–Kier alpha value is -5.44. The maximum Gasteiger partial charge on any atom is 0.349 e. The van der Waals surface area contributed by atoms with E-state index in [2.05, 4.69) is 5.16 Å². The van der Waals surface area contributed by atoms with Gasteiger partial charge in [0, 0.05) is 29.3 Å². The fraction of sp³-hybridized carbons (Fsp3) is 0.152. The molecule has 3 aromatic carbocycles. The van der Waals surface area contributed by atoms with Gasteiger partial charge in [0.05, 0.1) is 24.3 Å². The molecular formula is C33H28N4O5. The van der Waals surface area contributed by atoms with Crippen LogP contribution in [-0.4, -0.2) is 25.3 Å². The smallest absolute Gasteiger partial charge is 0.349 e. The summed E-state index contributed by atoms with van der Waals surface area (Å²) >= 11 is 0. The van der Waals surface area contributed by atoms with Gasteiger partial charge >= 0.3 is 5.63 Å². The van der Waals surface area contributed by atoms with Crippen LogP contribution in [0.5, 0.6) is 0 Å². The van der Waals surface area contributed by atoms with Gasteiger partial charge in [0.15, 0.2) is 0 Å². The summed E-state index contributed by atoms with van der Waals surface area (Å²) < 4.78 is 14.4. The lowest BCUT2D eigenvalue weighted by atomic mass is 10.0. The fourth-order valence-electron chi connectivity index (χ4n) is 5.17. The van der Waals surface area contributed by atoms with Crippen molar-refractivity contribution in [3.05, 3.63) is 140 Å². The Balaban J connectivity index is 1.47. The molecule has 0 fully saturated rings. The lowest BCUT2D eigenvalue weighted by Gasteiger charge is -2.22. The lowest BCUT2D eigenvalue weighted by molar-refractivity contribution is 0.0725. The van der Waals surface area contributed by atoms with E-state index in [0.29, 0.717) is 44.9 Å². The Labute approximate surface area is 240 Å². The number of carbonyl (C=O) groups excluding carboxylic acids is 1. The SMILES string of the molecule is Cc1onc(-c2ccccc2)c1CN(Cc1c(C)n(C)n(-c2ccccc2)c1=O)C(=O)c1cc2ccccc2oc1=O. The van der Waals surface area contributed by atoms with Crippen LogP contribution < -0.4 is 11.2 Å². The second-order valence-electron chi connectivity index (χ2n) is 10.1. The van der Waals surface area contributed by atoms with Crippen molar-refractivity contribution in [1.82, 2.24) is 19.4 Å². The average molecular weight is 561 g/mol. The molecule has 9 nitrogen and oxygen atoms in total. The molecule has 0 atom stereocenters. The number of hydrogen-bond donors (Lipinski definition) is 0. The molecule has 3 heterocycles. The number of benzene rings is 3. The molecule has 0 bridgehead atoms. The molecule has 6 rings (SSSR count). The maximum atomic E-state index is 14.2. The van der Waals surface area contributed by atoms with Crippen molar-refractivity contribution in [3.8, 4) is 16.9 Å². The van der Waals surface area contributed by atoms with Crippen LogP contribution in [0.4, 0.5) is 0 Å². The molecule has 0 aliphatic carbocycles. The predicted octanol–water partition coefficient (Wildman–Crippen LogP) is 5.40. The zero-order valence-corrected chi connectivity index (χ0v) is 23.4. The summed E-state index contributed by atoms with van der Waals surface area (Å²) in [6.07, 6.45) is 0. The van der Waals surface area contributed by atoms with Crippen molar-refractivity contribution in [1.29, 1.82) is 0 Å². The highest BCUT2D eigenvalue weighted by Gasteiger charge is 2.28. The summed E-state index contributed by atoms with van der Waals surface area (Å²) in [6.45, 7) is 3.60. The van der Waals surface area contributed by atoms with Gasteiger partial charge < -0.3 is 13.8 Å². The van der Waals surface area contributed by atoms with Crippen molar-refractivity contribution in [2.24, 2.45) is 7.05 Å². The summed E-state index contributed by atoms with van der Waals surface area (Å²) in [5, 5.41) is 4.89. The van der Waals surface area contributed by atoms with E-state index in [1.54, 1.807) is 47.6 Å². The largest absolute Gasteiger partial charge is 0.422 e. The normalized spacial score (nSPS) is 11.2. The molecule has 3 aromatic heterocycles. The Morgan fingerprint density at radius 1 is 0.857 bits per heavy atom. The van der Waals surface area contributed by atoms with E-state index in [0.717, 1.165) is 5.56 Å². The topological polar surface area (TPSA) is 103 Å². The molecule has 210 valence electrons. The number of fused-ring (bicyclic) bond motifs is 1. The van der Waals surface area contributed by atoms with Gasteiger partial charge in [-0.15, -0.1) is 0 Å². The number of aromatic nitrogens is 3. The number of carbonyl (C=O) groups is 1. The first kappa shape index (κ1) is 26.8. The van der Waals surface area contributed by atoms with E-state index < -0.39 is 11.5 Å². The Bertz CT molecular complexity index is 2030. The average Bonchev–Trinajstić information content (AvgIpc) is 3.47. The fourth-order valence-corrected chi connectivity index (χ4v) is 5.17. The first-order valence-corrected chi connectivity index (χ1v) is 13.5. The Kier molecular flexibility index (Phi) is 6.92. The van der Waals surface area contributed by atoms with Crippen molar-refractivity contribution >= 4 is 16.9 Å². The minimum absolute atomic E-state index is 0.0454. The third kappa shape index (κ3) is 4.75. The molecule has 0 spiro atoms. The number of para-hydroxylation sites is 2. The van der Waals surface area contributed by atoms with Gasteiger partial charge in [-0.3, -0.25) is 14.3 Å². The second kappa shape index (κ2) is 10.9. The van der Waals surface area contributed by atoms with Crippen LogP contribution in [0, 0.1) is 13.8 Å². The van der Waals surface area contributed by atoms with E-state index in [4.69, 9.17) is 8.94 Å². The van der Waals surface area contributed by atoms with E-state index in [9.17, 15) is 14.4 Å². The van der Waals surface area contributed by atoms with Crippen LogP contribution in [0.1, 0.15) is 32.9 Å². The van der Waals surface area contributed by atoms with Crippen LogP contribution >= 0.6 is 0 Å². The van der Waals surface area contributed by atoms with Crippen molar-refractivity contribution in [3.63, 3.8) is 0 Å². The van der Waals surface area contributed by atoms with E-state index in [-0.39, 0.29) is 24.2 Å². The molecule has 0 saturated heterocycles. The zero-order valence-electron chi connectivity index (χ0n) is 23.4. The highest BCUT2D eigenvalue weighted by Crippen LogP contribution is 2.28. The number of aryl methyl sites for hydroxylation is 1. The van der Waals surface area contributed by atoms with Crippen molar-refractivity contribution in [2.75, 3.05) is 0 Å². The van der Waals surface area contributed by atoms with Gasteiger partial charge in [-0.05, 0) is 38.1 Å². The second-order valence-corrected chi connectivity index (χ2v) is 10.1. The molecule has 0 saturated carbocycles. The summed E-state index contributed by atoms with van der Waals surface area (Å²) in [4.78, 5) is 42.5. The lowest BCUT2D eigenvalue weighted by Crippen LogP contribution is -2.35. The van der Waals surface area contributed by atoms with Crippen molar-refractivity contribution in [2.45, 2.75) is 26.9 Å². The van der Waals surface area contributed by atoms with Gasteiger partial charge in [-0.2, -0.15) is 0 Å². The van der Waals surface area contributed by atoms with Gasteiger partial charge in [-0.25, -0.2) is 9.48 Å². The molecule has 0 aliphatic heterocycles. The Morgan fingerprint density at radius 2 is 1.50 bits per heavy atom. The van der Waals surface area contributed by atoms with E-state index in [1.807, 2.05) is 67.6 Å². The molecule has 6 aromatic rings. The van der Waals surface area contributed by atoms with Gasteiger partial charge in [0.2, 0.25) is 0 Å². The quantitative estimate of drug-likeness (QED) is 0.242. The van der Waals surface area contributed by atoms with Crippen LogP contribution in [-0.2, 0) is 20.1 Å². The third-order valence-corrected chi connectivity index (χ3v) is 7.56. The zero-order chi connectivity index (χ0) is 29.4. The molecular weight excluding hydrogens is 532 g/mol. The van der Waals surface area contributed by atoms with Gasteiger partial charge in [0.1, 0.15) is 22.6 Å². The molecule has 0 unspecified atom stereocenters. The first-order chi connectivity index (χ1) is 20.3. The van der Waals surface area contributed by atoms with E-state index in [1.165, 1.54) is 11.0 Å². The standard InChI is InChI=1S/C33H28N4O5/c1-21-27(32(39)37(35(21)3)25-15-8-5-9-16-25)19-36(20-28-22(2)42-34-30(28)23-12-6-4-7-13-23)31(38)26-18-24-14-10-11-17-29(24)41-33(26)40/h4-18H,19-20H2,1-3H3. The predicted molar refractivity (Wildman–Crippen MR) is 158 cm³/mol. The number of rotatable bonds is 7. The summed E-state index contributed by atoms with van der Waals surface area (Å²) in [5.41, 5.74) is 3.17. The first-order valence-electron chi connectivity index (χ1n) is 13.5. The van der Waals surface area contributed by atoms with Crippen molar-refractivity contribution < 1.29 is 13.7 Å². The van der Waals surface area contributed by atoms with Crippen LogP contribution in [0.25, 0.3) is 27.9 Å².